The Morgan fingerprint density at radius 3 is 2.78 bits per heavy atom. The third kappa shape index (κ3) is 4.67. The highest BCUT2D eigenvalue weighted by Gasteiger charge is 2.13. The summed E-state index contributed by atoms with van der Waals surface area (Å²) in [5, 5.41) is 3.36. The van der Waals surface area contributed by atoms with Crippen molar-refractivity contribution in [1.82, 2.24) is 5.32 Å². The van der Waals surface area contributed by atoms with E-state index in [1.165, 1.54) is 12.8 Å². The first-order chi connectivity index (χ1) is 8.36. The van der Waals surface area contributed by atoms with Crippen molar-refractivity contribution in [2.75, 3.05) is 19.7 Å². The Balaban J connectivity index is 0.00000162. The van der Waals surface area contributed by atoms with Crippen molar-refractivity contribution >= 4 is 18.4 Å². The van der Waals surface area contributed by atoms with Crippen LogP contribution in [0.1, 0.15) is 29.6 Å². The fourth-order valence-corrected chi connectivity index (χ4v) is 2.15. The Labute approximate surface area is 114 Å². The van der Waals surface area contributed by atoms with Crippen molar-refractivity contribution in [2.45, 2.75) is 19.3 Å². The predicted molar refractivity (Wildman–Crippen MR) is 74.2 cm³/mol. The maximum atomic E-state index is 11.6. The summed E-state index contributed by atoms with van der Waals surface area (Å²) < 4.78 is 5.26. The third-order valence-electron chi connectivity index (χ3n) is 3.17. The Hall–Kier alpha value is -1.06. The average Bonchev–Trinajstić information content (AvgIpc) is 2.41. The highest BCUT2D eigenvalue weighted by Crippen LogP contribution is 2.14. The molecule has 1 aromatic carbocycles. The highest BCUT2D eigenvalue weighted by atomic mass is 35.5. The number of carbonyl (C=O) groups excluding carboxylic acids is 1. The molecule has 4 heteroatoms. The van der Waals surface area contributed by atoms with Crippen LogP contribution in [-0.4, -0.2) is 25.7 Å². The van der Waals surface area contributed by atoms with Gasteiger partial charge in [-0.15, -0.1) is 12.4 Å². The van der Waals surface area contributed by atoms with E-state index in [2.05, 4.69) is 5.32 Å². The van der Waals surface area contributed by atoms with Gasteiger partial charge in [-0.25, -0.2) is 4.79 Å². The van der Waals surface area contributed by atoms with Crippen LogP contribution in [-0.2, 0) is 4.74 Å². The number of piperidine rings is 1. The molecule has 1 saturated heterocycles. The smallest absolute Gasteiger partial charge is 0.338 e. The number of esters is 1. The summed E-state index contributed by atoms with van der Waals surface area (Å²) in [6.07, 6.45) is 3.44. The minimum Gasteiger partial charge on any atom is -0.462 e. The molecule has 1 aliphatic heterocycles. The van der Waals surface area contributed by atoms with Crippen LogP contribution in [0.4, 0.5) is 0 Å². The molecule has 0 spiro atoms. The molecule has 0 radical (unpaired) electrons. The second kappa shape index (κ2) is 8.11. The molecular weight excluding hydrogens is 250 g/mol. The molecule has 0 bridgehead atoms. The number of rotatable bonds is 4. The van der Waals surface area contributed by atoms with Crippen molar-refractivity contribution in [1.29, 1.82) is 0 Å². The first kappa shape index (κ1) is 15.0. The molecule has 1 N–H and O–H groups in total. The average molecular weight is 270 g/mol. The van der Waals surface area contributed by atoms with Crippen molar-refractivity contribution in [3.63, 3.8) is 0 Å². The largest absolute Gasteiger partial charge is 0.462 e. The van der Waals surface area contributed by atoms with Gasteiger partial charge >= 0.3 is 5.97 Å². The van der Waals surface area contributed by atoms with Crippen LogP contribution in [0.3, 0.4) is 0 Å². The number of halogens is 1. The molecule has 1 unspecified atom stereocenters. The summed E-state index contributed by atoms with van der Waals surface area (Å²) >= 11 is 0. The lowest BCUT2D eigenvalue weighted by molar-refractivity contribution is 0.0477. The van der Waals surface area contributed by atoms with E-state index in [-0.39, 0.29) is 18.4 Å². The summed E-state index contributed by atoms with van der Waals surface area (Å²) in [4.78, 5) is 11.6. The SMILES string of the molecule is Cl.O=C(OCCC1CCCNC1)c1ccccc1. The second-order valence-corrected chi connectivity index (χ2v) is 4.50. The monoisotopic (exact) mass is 269 g/mol. The van der Waals surface area contributed by atoms with E-state index in [0.29, 0.717) is 18.1 Å². The number of nitrogens with one attached hydrogen (secondary N) is 1. The second-order valence-electron chi connectivity index (χ2n) is 4.50. The molecule has 1 heterocycles. The van der Waals surface area contributed by atoms with E-state index in [1.807, 2.05) is 18.2 Å². The molecule has 1 aromatic rings. The number of hydrogen-bond donors (Lipinski definition) is 1. The van der Waals surface area contributed by atoms with Crippen molar-refractivity contribution in [3.8, 4) is 0 Å². The van der Waals surface area contributed by atoms with Gasteiger partial charge in [0.2, 0.25) is 0 Å². The van der Waals surface area contributed by atoms with Gasteiger partial charge in [-0.05, 0) is 50.4 Å². The topological polar surface area (TPSA) is 38.3 Å². The van der Waals surface area contributed by atoms with Crippen LogP contribution in [0.5, 0.6) is 0 Å². The van der Waals surface area contributed by atoms with Crippen molar-refractivity contribution in [3.05, 3.63) is 35.9 Å². The van der Waals surface area contributed by atoms with E-state index >= 15 is 0 Å². The molecule has 3 nitrogen and oxygen atoms in total. The van der Waals surface area contributed by atoms with Crippen molar-refractivity contribution in [2.24, 2.45) is 5.92 Å². The van der Waals surface area contributed by atoms with E-state index in [9.17, 15) is 4.79 Å². The Morgan fingerprint density at radius 2 is 2.11 bits per heavy atom. The summed E-state index contributed by atoms with van der Waals surface area (Å²) in [6, 6.07) is 9.16. The van der Waals surface area contributed by atoms with Gasteiger partial charge < -0.3 is 10.1 Å². The minimum atomic E-state index is -0.214. The van der Waals surface area contributed by atoms with E-state index < -0.39 is 0 Å². The maximum Gasteiger partial charge on any atom is 0.338 e. The third-order valence-corrected chi connectivity index (χ3v) is 3.17. The summed E-state index contributed by atoms with van der Waals surface area (Å²) in [5.74, 6) is 0.446. The van der Waals surface area contributed by atoms with E-state index in [0.717, 1.165) is 19.5 Å². The van der Waals surface area contributed by atoms with E-state index in [1.54, 1.807) is 12.1 Å². The zero-order valence-corrected chi connectivity index (χ0v) is 11.2. The summed E-state index contributed by atoms with van der Waals surface area (Å²) in [6.45, 7) is 2.71. The van der Waals surface area contributed by atoms with Gasteiger partial charge in [0, 0.05) is 0 Å². The fraction of sp³-hybridized carbons (Fsp3) is 0.500. The lowest BCUT2D eigenvalue weighted by Gasteiger charge is -2.22. The molecule has 0 saturated carbocycles. The zero-order chi connectivity index (χ0) is 11.9. The zero-order valence-electron chi connectivity index (χ0n) is 10.4. The maximum absolute atomic E-state index is 11.6. The standard InChI is InChI=1S/C14H19NO2.ClH/c16-14(13-6-2-1-3-7-13)17-10-8-12-5-4-9-15-11-12;/h1-3,6-7,12,15H,4-5,8-11H2;1H. The fourth-order valence-electron chi connectivity index (χ4n) is 2.15. The van der Waals surface area contributed by atoms with Gasteiger partial charge in [-0.1, -0.05) is 18.2 Å². The van der Waals surface area contributed by atoms with Crippen LogP contribution < -0.4 is 5.32 Å². The Morgan fingerprint density at radius 1 is 1.33 bits per heavy atom. The molecule has 1 atom stereocenters. The van der Waals surface area contributed by atoms with Gasteiger partial charge in [-0.2, -0.15) is 0 Å². The van der Waals surface area contributed by atoms with Crippen LogP contribution in [0, 0.1) is 5.92 Å². The van der Waals surface area contributed by atoms with Crippen LogP contribution in [0.2, 0.25) is 0 Å². The first-order valence-corrected chi connectivity index (χ1v) is 6.29. The normalized spacial score (nSPS) is 18.8. The van der Waals surface area contributed by atoms with Gasteiger partial charge in [0.05, 0.1) is 12.2 Å². The highest BCUT2D eigenvalue weighted by molar-refractivity contribution is 5.89. The lowest BCUT2D eigenvalue weighted by atomic mass is 9.97. The minimum absolute atomic E-state index is 0. The number of benzene rings is 1. The summed E-state index contributed by atoms with van der Waals surface area (Å²) in [5.41, 5.74) is 0.634. The molecule has 18 heavy (non-hydrogen) atoms. The molecular formula is C14H20ClNO2. The Bertz CT molecular complexity index is 350. The molecule has 0 amide bonds. The van der Waals surface area contributed by atoms with Crippen molar-refractivity contribution < 1.29 is 9.53 Å². The lowest BCUT2D eigenvalue weighted by Crippen LogP contribution is -2.30. The van der Waals surface area contributed by atoms with Gasteiger partial charge in [0.15, 0.2) is 0 Å². The van der Waals surface area contributed by atoms with Crippen LogP contribution in [0.25, 0.3) is 0 Å². The molecule has 1 fully saturated rings. The molecule has 0 aromatic heterocycles. The van der Waals surface area contributed by atoms with Crippen LogP contribution in [0.15, 0.2) is 30.3 Å². The molecule has 2 rings (SSSR count). The number of carbonyl (C=O) groups is 1. The van der Waals surface area contributed by atoms with Gasteiger partial charge in [0.1, 0.15) is 0 Å². The molecule has 100 valence electrons. The molecule has 1 aliphatic rings. The predicted octanol–water partition coefficient (Wildman–Crippen LogP) is 2.65. The van der Waals surface area contributed by atoms with Gasteiger partial charge in [0.25, 0.3) is 0 Å². The first-order valence-electron chi connectivity index (χ1n) is 6.29. The quantitative estimate of drug-likeness (QED) is 0.854. The van der Waals surface area contributed by atoms with E-state index in [4.69, 9.17) is 4.74 Å². The number of hydrogen-bond acceptors (Lipinski definition) is 3. The van der Waals surface area contributed by atoms with Crippen LogP contribution >= 0.6 is 12.4 Å². The summed E-state index contributed by atoms with van der Waals surface area (Å²) in [7, 11) is 0. The Kier molecular flexibility index (Phi) is 6.76. The number of ether oxygens (including phenoxy) is 1. The van der Waals surface area contributed by atoms with Gasteiger partial charge in [-0.3, -0.25) is 0 Å². The molecule has 0 aliphatic carbocycles.